The highest BCUT2D eigenvalue weighted by molar-refractivity contribution is 7.80. The second kappa shape index (κ2) is 5.95. The van der Waals surface area contributed by atoms with Crippen molar-refractivity contribution in [2.45, 2.75) is 6.92 Å². The molecule has 1 aliphatic heterocycles. The van der Waals surface area contributed by atoms with Crippen LogP contribution >= 0.6 is 12.2 Å². The van der Waals surface area contributed by atoms with Gasteiger partial charge in [0.05, 0.1) is 5.69 Å². The summed E-state index contributed by atoms with van der Waals surface area (Å²) in [5, 5.41) is 10.2. The molecule has 0 radical (unpaired) electrons. The summed E-state index contributed by atoms with van der Waals surface area (Å²) < 4.78 is 0. The summed E-state index contributed by atoms with van der Waals surface area (Å²) in [7, 11) is 0. The zero-order valence-electron chi connectivity index (χ0n) is 11.9. The first-order valence-corrected chi connectivity index (χ1v) is 7.16. The molecule has 3 rings (SSSR count). The maximum absolute atomic E-state index is 12.0. The molecule has 0 saturated carbocycles. The molecular formula is C16H14N4OS. The Kier molecular flexibility index (Phi) is 3.84. The van der Waals surface area contributed by atoms with Crippen molar-refractivity contribution in [3.63, 3.8) is 0 Å². The first-order chi connectivity index (χ1) is 10.6. The van der Waals surface area contributed by atoms with Crippen LogP contribution in [0.3, 0.4) is 0 Å². The van der Waals surface area contributed by atoms with Crippen LogP contribution in [-0.4, -0.2) is 16.7 Å². The highest BCUT2D eigenvalue weighted by atomic mass is 32.1. The standard InChI is InChI=1S/C16H14N4OS/c1-10-7-8-13-12(9-10)14(15(21)18-13)19-20-16(22)17-11-5-3-2-4-6-11/h2-9H,1H3,(H2,17,20,22)(H,18,19,21). The molecule has 1 aliphatic rings. The molecule has 2 aromatic rings. The number of hydrogen-bond acceptors (Lipinski definition) is 3. The molecule has 0 saturated heterocycles. The van der Waals surface area contributed by atoms with Crippen molar-refractivity contribution in [2.24, 2.45) is 5.10 Å². The van der Waals surface area contributed by atoms with Gasteiger partial charge in [-0.25, -0.2) is 0 Å². The first kappa shape index (κ1) is 14.2. The van der Waals surface area contributed by atoms with E-state index in [4.69, 9.17) is 12.2 Å². The molecule has 1 heterocycles. The fraction of sp³-hybridized carbons (Fsp3) is 0.0625. The Balaban J connectivity index is 1.75. The van der Waals surface area contributed by atoms with Crippen molar-refractivity contribution >= 4 is 40.3 Å². The van der Waals surface area contributed by atoms with Crippen LogP contribution in [0, 0.1) is 6.92 Å². The van der Waals surface area contributed by atoms with Crippen LogP contribution in [0.1, 0.15) is 11.1 Å². The Morgan fingerprint density at radius 2 is 1.95 bits per heavy atom. The molecule has 0 unspecified atom stereocenters. The lowest BCUT2D eigenvalue weighted by molar-refractivity contribution is -0.110. The van der Waals surface area contributed by atoms with Crippen molar-refractivity contribution in [2.75, 3.05) is 10.6 Å². The molecule has 0 spiro atoms. The summed E-state index contributed by atoms with van der Waals surface area (Å²) in [4.78, 5) is 12.0. The first-order valence-electron chi connectivity index (χ1n) is 6.75. The Morgan fingerprint density at radius 1 is 1.18 bits per heavy atom. The smallest absolute Gasteiger partial charge is 0.276 e. The second-order valence-corrected chi connectivity index (χ2v) is 5.30. The highest BCUT2D eigenvalue weighted by Crippen LogP contribution is 2.24. The number of anilines is 2. The minimum absolute atomic E-state index is 0.240. The quantitative estimate of drug-likeness (QED) is 0.589. The third-order valence-corrected chi connectivity index (χ3v) is 3.39. The minimum atomic E-state index is -0.240. The van der Waals surface area contributed by atoms with Gasteiger partial charge in [-0.15, -0.1) is 0 Å². The Bertz CT molecular complexity index is 771. The van der Waals surface area contributed by atoms with Crippen molar-refractivity contribution in [3.8, 4) is 0 Å². The van der Waals surface area contributed by atoms with Gasteiger partial charge in [0, 0.05) is 11.3 Å². The van der Waals surface area contributed by atoms with E-state index in [2.05, 4.69) is 21.2 Å². The van der Waals surface area contributed by atoms with Gasteiger partial charge in [-0.05, 0) is 43.4 Å². The molecule has 110 valence electrons. The maximum atomic E-state index is 12.0. The number of para-hydroxylation sites is 1. The number of rotatable bonds is 2. The molecule has 0 aliphatic carbocycles. The normalized spacial score (nSPS) is 14.4. The number of thiocarbonyl (C=S) groups is 1. The van der Waals surface area contributed by atoms with Crippen molar-refractivity contribution in [1.29, 1.82) is 0 Å². The molecule has 1 amide bonds. The molecule has 5 nitrogen and oxygen atoms in total. The zero-order chi connectivity index (χ0) is 15.5. The monoisotopic (exact) mass is 310 g/mol. The van der Waals surface area contributed by atoms with Crippen LogP contribution in [-0.2, 0) is 4.79 Å². The molecular weight excluding hydrogens is 296 g/mol. The minimum Gasteiger partial charge on any atom is -0.331 e. The fourth-order valence-electron chi connectivity index (χ4n) is 2.17. The largest absolute Gasteiger partial charge is 0.331 e. The van der Waals surface area contributed by atoms with Crippen LogP contribution in [0.5, 0.6) is 0 Å². The van der Waals surface area contributed by atoms with Gasteiger partial charge in [-0.3, -0.25) is 10.2 Å². The van der Waals surface area contributed by atoms with E-state index in [0.29, 0.717) is 10.8 Å². The highest BCUT2D eigenvalue weighted by Gasteiger charge is 2.26. The van der Waals surface area contributed by atoms with Gasteiger partial charge < -0.3 is 10.6 Å². The lowest BCUT2D eigenvalue weighted by atomic mass is 10.1. The van der Waals surface area contributed by atoms with Gasteiger partial charge in [0.1, 0.15) is 0 Å². The number of amides is 1. The summed E-state index contributed by atoms with van der Waals surface area (Å²) in [5.74, 6) is -0.240. The number of aryl methyl sites for hydroxylation is 1. The van der Waals surface area contributed by atoms with Gasteiger partial charge >= 0.3 is 0 Å². The molecule has 0 aromatic heterocycles. The third-order valence-electron chi connectivity index (χ3n) is 3.19. The van der Waals surface area contributed by atoms with E-state index in [-0.39, 0.29) is 5.91 Å². The average Bonchev–Trinajstić information content (AvgIpc) is 2.81. The summed E-state index contributed by atoms with van der Waals surface area (Å²) in [6, 6.07) is 15.2. The predicted molar refractivity (Wildman–Crippen MR) is 92.1 cm³/mol. The van der Waals surface area contributed by atoms with Gasteiger partial charge in [0.2, 0.25) is 0 Å². The van der Waals surface area contributed by atoms with E-state index in [0.717, 1.165) is 22.5 Å². The van der Waals surface area contributed by atoms with Crippen molar-refractivity contribution < 1.29 is 4.79 Å². The SMILES string of the molecule is Cc1ccc2c(c1)/C(=N/NC(=S)Nc1ccccc1)C(=O)N2. The van der Waals surface area contributed by atoms with Crippen LogP contribution in [0.2, 0.25) is 0 Å². The number of nitrogens with zero attached hydrogens (tertiary/aromatic N) is 1. The number of nitrogens with one attached hydrogen (secondary N) is 3. The molecule has 0 bridgehead atoms. The third kappa shape index (κ3) is 2.96. The summed E-state index contributed by atoms with van der Waals surface area (Å²) in [6.45, 7) is 1.97. The number of benzene rings is 2. The summed E-state index contributed by atoms with van der Waals surface area (Å²) in [6.07, 6.45) is 0. The summed E-state index contributed by atoms with van der Waals surface area (Å²) in [5.41, 5.74) is 6.50. The molecule has 0 atom stereocenters. The zero-order valence-corrected chi connectivity index (χ0v) is 12.7. The predicted octanol–water partition coefficient (Wildman–Crippen LogP) is 2.64. The molecule has 0 fully saturated rings. The van der Waals surface area contributed by atoms with E-state index in [1.165, 1.54) is 0 Å². The number of hydrazone groups is 1. The van der Waals surface area contributed by atoms with Crippen LogP contribution in [0.15, 0.2) is 53.6 Å². The molecule has 22 heavy (non-hydrogen) atoms. The molecule has 6 heteroatoms. The topological polar surface area (TPSA) is 65.5 Å². The van der Waals surface area contributed by atoms with Gasteiger partial charge in [0.25, 0.3) is 5.91 Å². The Hall–Kier alpha value is -2.73. The van der Waals surface area contributed by atoms with Crippen molar-refractivity contribution in [3.05, 3.63) is 59.7 Å². The average molecular weight is 310 g/mol. The van der Waals surface area contributed by atoms with E-state index in [9.17, 15) is 4.79 Å². The number of carbonyl (C=O) groups excluding carboxylic acids is 1. The summed E-state index contributed by atoms with van der Waals surface area (Å²) >= 11 is 5.17. The fourth-order valence-corrected chi connectivity index (χ4v) is 2.33. The van der Waals surface area contributed by atoms with Gasteiger partial charge in [-0.2, -0.15) is 5.10 Å². The van der Waals surface area contributed by atoms with E-state index >= 15 is 0 Å². The number of hydrogen-bond donors (Lipinski definition) is 3. The van der Waals surface area contributed by atoms with E-state index in [1.807, 2.05) is 55.5 Å². The van der Waals surface area contributed by atoms with E-state index < -0.39 is 0 Å². The molecule has 3 N–H and O–H groups in total. The van der Waals surface area contributed by atoms with Gasteiger partial charge in [0.15, 0.2) is 10.8 Å². The van der Waals surface area contributed by atoms with Gasteiger partial charge in [-0.1, -0.05) is 29.8 Å². The Morgan fingerprint density at radius 3 is 2.73 bits per heavy atom. The van der Waals surface area contributed by atoms with E-state index in [1.54, 1.807) is 0 Å². The van der Waals surface area contributed by atoms with Crippen LogP contribution in [0.25, 0.3) is 0 Å². The lowest BCUT2D eigenvalue weighted by Gasteiger charge is -2.07. The lowest BCUT2D eigenvalue weighted by Crippen LogP contribution is -2.27. The number of fused-ring (bicyclic) bond motifs is 1. The van der Waals surface area contributed by atoms with Crippen LogP contribution in [0.4, 0.5) is 11.4 Å². The number of carbonyl (C=O) groups is 1. The van der Waals surface area contributed by atoms with Crippen molar-refractivity contribution in [1.82, 2.24) is 5.43 Å². The van der Waals surface area contributed by atoms with Crippen LogP contribution < -0.4 is 16.1 Å². The maximum Gasteiger partial charge on any atom is 0.276 e. The Labute approximate surface area is 133 Å². The molecule has 2 aromatic carbocycles. The second-order valence-electron chi connectivity index (χ2n) is 4.90.